The van der Waals surface area contributed by atoms with Gasteiger partial charge in [0.15, 0.2) is 23.1 Å². The molecule has 0 spiro atoms. The second-order valence-corrected chi connectivity index (χ2v) is 5.77. The van der Waals surface area contributed by atoms with Crippen LogP contribution in [0.5, 0.6) is 0 Å². The predicted octanol–water partition coefficient (Wildman–Crippen LogP) is 1.14. The Labute approximate surface area is 140 Å². The zero-order valence-electron chi connectivity index (χ0n) is 13.4. The Morgan fingerprint density at radius 2 is 2.16 bits per heavy atom. The molecule has 0 aliphatic heterocycles. The number of aromatic nitrogens is 5. The molecule has 0 aliphatic carbocycles. The van der Waals surface area contributed by atoms with Crippen molar-refractivity contribution in [1.82, 2.24) is 24.6 Å². The number of hydrogen-bond acceptors (Lipinski definition) is 6. The van der Waals surface area contributed by atoms with Crippen LogP contribution in [0.1, 0.15) is 13.8 Å². The van der Waals surface area contributed by atoms with E-state index < -0.39 is 23.5 Å². The smallest absolute Gasteiger partial charge is 0.347 e. The second-order valence-electron chi connectivity index (χ2n) is 5.77. The standard InChI is InChI=1S/C15H15FN6O3/c1-7(2)11(14(23)24)18-13-9(16)5-17-12(19-13)8-3-4-10-20-21-15(25)22(10)6-8/h3-7,11H,1-2H3,(H,21,25)(H,23,24)(H,17,18,19). The summed E-state index contributed by atoms with van der Waals surface area (Å²) in [6.45, 7) is 3.40. The van der Waals surface area contributed by atoms with E-state index in [0.29, 0.717) is 11.2 Å². The molecule has 10 heteroatoms. The van der Waals surface area contributed by atoms with E-state index in [1.54, 1.807) is 26.0 Å². The van der Waals surface area contributed by atoms with E-state index in [4.69, 9.17) is 0 Å². The Hall–Kier alpha value is -3.30. The Bertz CT molecular complexity index is 996. The molecule has 0 saturated carbocycles. The molecule has 0 aliphatic rings. The fourth-order valence-corrected chi connectivity index (χ4v) is 2.31. The molecule has 0 amide bonds. The number of nitrogens with zero attached hydrogens (tertiary/aromatic N) is 4. The fraction of sp³-hybridized carbons (Fsp3) is 0.267. The van der Waals surface area contributed by atoms with Gasteiger partial charge in [-0.05, 0) is 18.1 Å². The molecule has 1 atom stereocenters. The summed E-state index contributed by atoms with van der Waals surface area (Å²) in [5, 5.41) is 17.9. The van der Waals surface area contributed by atoms with Crippen LogP contribution in [0.2, 0.25) is 0 Å². The summed E-state index contributed by atoms with van der Waals surface area (Å²) in [5.74, 6) is -2.23. The minimum Gasteiger partial charge on any atom is -0.480 e. The van der Waals surface area contributed by atoms with Gasteiger partial charge in [-0.3, -0.25) is 0 Å². The maximum atomic E-state index is 14.0. The fourth-order valence-electron chi connectivity index (χ4n) is 2.31. The van der Waals surface area contributed by atoms with Crippen LogP contribution in [0, 0.1) is 11.7 Å². The lowest BCUT2D eigenvalue weighted by molar-refractivity contribution is -0.138. The van der Waals surface area contributed by atoms with Crippen molar-refractivity contribution in [2.75, 3.05) is 5.32 Å². The number of aromatic amines is 1. The van der Waals surface area contributed by atoms with Gasteiger partial charge < -0.3 is 10.4 Å². The quantitative estimate of drug-likeness (QED) is 0.632. The van der Waals surface area contributed by atoms with Gasteiger partial charge in [-0.2, -0.15) is 5.10 Å². The maximum Gasteiger partial charge on any atom is 0.347 e. The number of pyridine rings is 1. The van der Waals surface area contributed by atoms with Crippen molar-refractivity contribution in [3.05, 3.63) is 40.8 Å². The summed E-state index contributed by atoms with van der Waals surface area (Å²) in [7, 11) is 0. The predicted molar refractivity (Wildman–Crippen MR) is 86.7 cm³/mol. The van der Waals surface area contributed by atoms with Gasteiger partial charge in [0.25, 0.3) is 0 Å². The third-order valence-corrected chi connectivity index (χ3v) is 3.64. The first kappa shape index (κ1) is 16.6. The van der Waals surface area contributed by atoms with Crippen LogP contribution in [0.4, 0.5) is 10.2 Å². The first-order chi connectivity index (χ1) is 11.9. The van der Waals surface area contributed by atoms with Crippen molar-refractivity contribution in [3.8, 4) is 11.4 Å². The van der Waals surface area contributed by atoms with Crippen molar-refractivity contribution >= 4 is 17.4 Å². The second kappa shape index (κ2) is 6.30. The number of H-pyrrole nitrogens is 1. The van der Waals surface area contributed by atoms with E-state index in [1.165, 1.54) is 10.6 Å². The lowest BCUT2D eigenvalue weighted by Crippen LogP contribution is -2.35. The SMILES string of the molecule is CC(C)C(Nc1nc(-c2ccc3n[nH]c(=O)n3c2)ncc1F)C(=O)O. The third kappa shape index (κ3) is 3.18. The van der Waals surface area contributed by atoms with E-state index in [0.717, 1.165) is 6.20 Å². The summed E-state index contributed by atoms with van der Waals surface area (Å²) in [4.78, 5) is 30.9. The van der Waals surface area contributed by atoms with E-state index >= 15 is 0 Å². The Balaban J connectivity index is 2.01. The molecule has 0 bridgehead atoms. The normalized spacial score (nSPS) is 12.5. The van der Waals surface area contributed by atoms with Gasteiger partial charge in [0.05, 0.1) is 6.20 Å². The van der Waals surface area contributed by atoms with Crippen LogP contribution in [0.3, 0.4) is 0 Å². The lowest BCUT2D eigenvalue weighted by atomic mass is 10.1. The molecule has 3 aromatic heterocycles. The van der Waals surface area contributed by atoms with Gasteiger partial charge in [-0.15, -0.1) is 0 Å². The number of aliphatic carboxylic acids is 1. The highest BCUT2D eigenvalue weighted by Crippen LogP contribution is 2.20. The molecule has 0 aromatic carbocycles. The van der Waals surface area contributed by atoms with Crippen LogP contribution in [-0.4, -0.2) is 41.7 Å². The number of carboxylic acids is 1. The number of carbonyl (C=O) groups is 1. The first-order valence-corrected chi connectivity index (χ1v) is 7.46. The summed E-state index contributed by atoms with van der Waals surface area (Å²) >= 11 is 0. The number of rotatable bonds is 5. The molecule has 3 N–H and O–H groups in total. The highest BCUT2D eigenvalue weighted by Gasteiger charge is 2.23. The maximum absolute atomic E-state index is 14.0. The molecule has 130 valence electrons. The van der Waals surface area contributed by atoms with Crippen molar-refractivity contribution in [3.63, 3.8) is 0 Å². The molecular weight excluding hydrogens is 331 g/mol. The van der Waals surface area contributed by atoms with Gasteiger partial charge in [0.2, 0.25) is 0 Å². The van der Waals surface area contributed by atoms with Crippen molar-refractivity contribution in [2.45, 2.75) is 19.9 Å². The van der Waals surface area contributed by atoms with Crippen LogP contribution >= 0.6 is 0 Å². The molecule has 1 unspecified atom stereocenters. The largest absolute Gasteiger partial charge is 0.480 e. The van der Waals surface area contributed by atoms with E-state index in [2.05, 4.69) is 25.5 Å². The van der Waals surface area contributed by atoms with Gasteiger partial charge in [0, 0.05) is 11.8 Å². The zero-order valence-corrected chi connectivity index (χ0v) is 13.4. The van der Waals surface area contributed by atoms with E-state index in [9.17, 15) is 19.1 Å². The van der Waals surface area contributed by atoms with Gasteiger partial charge in [0.1, 0.15) is 6.04 Å². The number of halogens is 1. The first-order valence-electron chi connectivity index (χ1n) is 7.46. The Kier molecular flexibility index (Phi) is 4.17. The summed E-state index contributed by atoms with van der Waals surface area (Å²) in [6, 6.07) is 2.21. The van der Waals surface area contributed by atoms with E-state index in [-0.39, 0.29) is 17.6 Å². The highest BCUT2D eigenvalue weighted by molar-refractivity contribution is 5.77. The van der Waals surface area contributed by atoms with Crippen molar-refractivity contribution in [1.29, 1.82) is 0 Å². The topological polar surface area (TPSA) is 125 Å². The number of nitrogens with one attached hydrogen (secondary N) is 2. The number of anilines is 1. The van der Waals surface area contributed by atoms with Crippen molar-refractivity contribution < 1.29 is 14.3 Å². The minimum atomic E-state index is -1.11. The summed E-state index contributed by atoms with van der Waals surface area (Å²) in [5.41, 5.74) is 0.443. The molecule has 9 nitrogen and oxygen atoms in total. The summed E-state index contributed by atoms with van der Waals surface area (Å²) in [6.07, 6.45) is 2.42. The third-order valence-electron chi connectivity index (χ3n) is 3.64. The molecular formula is C15H15FN6O3. The molecule has 3 aromatic rings. The van der Waals surface area contributed by atoms with Gasteiger partial charge >= 0.3 is 11.7 Å². The molecule has 25 heavy (non-hydrogen) atoms. The summed E-state index contributed by atoms with van der Waals surface area (Å²) < 4.78 is 15.3. The van der Waals surface area contributed by atoms with Gasteiger partial charge in [-0.1, -0.05) is 13.8 Å². The monoisotopic (exact) mass is 346 g/mol. The average Bonchev–Trinajstić information content (AvgIpc) is 2.94. The molecule has 0 saturated heterocycles. The zero-order chi connectivity index (χ0) is 18.1. The Morgan fingerprint density at radius 1 is 1.40 bits per heavy atom. The highest BCUT2D eigenvalue weighted by atomic mass is 19.1. The number of fused-ring (bicyclic) bond motifs is 1. The minimum absolute atomic E-state index is 0.145. The van der Waals surface area contributed by atoms with E-state index in [1.807, 2.05) is 0 Å². The number of hydrogen-bond donors (Lipinski definition) is 3. The van der Waals surface area contributed by atoms with Crippen LogP contribution < -0.4 is 11.0 Å². The van der Waals surface area contributed by atoms with Crippen molar-refractivity contribution in [2.24, 2.45) is 5.92 Å². The van der Waals surface area contributed by atoms with Crippen LogP contribution in [0.25, 0.3) is 17.0 Å². The molecule has 0 fully saturated rings. The average molecular weight is 346 g/mol. The molecule has 0 radical (unpaired) electrons. The van der Waals surface area contributed by atoms with Crippen LogP contribution in [-0.2, 0) is 4.79 Å². The van der Waals surface area contributed by atoms with Crippen LogP contribution in [0.15, 0.2) is 29.3 Å². The molecule has 3 heterocycles. The Morgan fingerprint density at radius 3 is 2.84 bits per heavy atom. The lowest BCUT2D eigenvalue weighted by Gasteiger charge is -2.19. The molecule has 3 rings (SSSR count). The van der Waals surface area contributed by atoms with Gasteiger partial charge in [-0.25, -0.2) is 33.4 Å². The number of carboxylic acid groups (broad SMARTS) is 1.